The Balaban J connectivity index is 1.68. The zero-order valence-corrected chi connectivity index (χ0v) is 15.2. The van der Waals surface area contributed by atoms with Crippen molar-refractivity contribution in [3.63, 3.8) is 0 Å². The molecule has 0 saturated heterocycles. The van der Waals surface area contributed by atoms with Crippen LogP contribution in [0.2, 0.25) is 0 Å². The van der Waals surface area contributed by atoms with Crippen molar-refractivity contribution in [1.82, 2.24) is 14.8 Å². The highest BCUT2D eigenvalue weighted by Crippen LogP contribution is 2.42. The van der Waals surface area contributed by atoms with Crippen LogP contribution in [0.25, 0.3) is 5.69 Å². The molecule has 1 heterocycles. The summed E-state index contributed by atoms with van der Waals surface area (Å²) >= 11 is 1.33. The van der Waals surface area contributed by atoms with Gasteiger partial charge in [0.15, 0.2) is 0 Å². The highest BCUT2D eigenvalue weighted by molar-refractivity contribution is 8.00. The van der Waals surface area contributed by atoms with Crippen LogP contribution in [0.5, 0.6) is 0 Å². The van der Waals surface area contributed by atoms with Crippen molar-refractivity contribution >= 4 is 17.7 Å². The number of para-hydroxylation sites is 1. The van der Waals surface area contributed by atoms with Crippen LogP contribution in [0.1, 0.15) is 35.4 Å². The van der Waals surface area contributed by atoms with Crippen LogP contribution in [0.3, 0.4) is 0 Å². The van der Waals surface area contributed by atoms with Gasteiger partial charge in [-0.1, -0.05) is 60.3 Å². The number of esters is 1. The Morgan fingerprint density at radius 1 is 1.12 bits per heavy atom. The van der Waals surface area contributed by atoms with E-state index in [0.717, 1.165) is 29.9 Å². The lowest BCUT2D eigenvalue weighted by molar-refractivity contribution is -0.140. The molecule has 26 heavy (non-hydrogen) atoms. The summed E-state index contributed by atoms with van der Waals surface area (Å²) in [6, 6.07) is 19.6. The molecule has 0 N–H and O–H groups in total. The van der Waals surface area contributed by atoms with E-state index in [0.29, 0.717) is 11.1 Å². The van der Waals surface area contributed by atoms with Crippen LogP contribution in [0.4, 0.5) is 0 Å². The SMILES string of the molecule is COC(=O)C(Sc1nc(C2CC2)n(-c2ccccc2)n1)c1ccccc1. The second kappa shape index (κ2) is 7.33. The predicted molar refractivity (Wildman–Crippen MR) is 100 cm³/mol. The number of carbonyl (C=O) groups excluding carboxylic acids is 1. The fourth-order valence-corrected chi connectivity index (χ4v) is 3.78. The molecule has 0 spiro atoms. The normalized spacial score (nSPS) is 14.8. The van der Waals surface area contributed by atoms with Crippen molar-refractivity contribution in [2.24, 2.45) is 0 Å². The molecule has 132 valence electrons. The van der Waals surface area contributed by atoms with E-state index in [1.54, 1.807) is 0 Å². The zero-order chi connectivity index (χ0) is 17.9. The highest BCUT2D eigenvalue weighted by Gasteiger charge is 2.32. The lowest BCUT2D eigenvalue weighted by atomic mass is 10.1. The summed E-state index contributed by atoms with van der Waals surface area (Å²) in [5.41, 5.74) is 1.87. The minimum atomic E-state index is -0.486. The van der Waals surface area contributed by atoms with Gasteiger partial charge in [-0.15, -0.1) is 5.10 Å². The van der Waals surface area contributed by atoms with Gasteiger partial charge in [-0.25, -0.2) is 9.67 Å². The second-order valence-corrected chi connectivity index (χ2v) is 7.28. The minimum absolute atomic E-state index is 0.301. The minimum Gasteiger partial charge on any atom is -0.468 e. The number of hydrogen-bond acceptors (Lipinski definition) is 5. The van der Waals surface area contributed by atoms with Gasteiger partial charge in [0.2, 0.25) is 5.16 Å². The van der Waals surface area contributed by atoms with E-state index in [1.807, 2.05) is 65.3 Å². The number of benzene rings is 2. The van der Waals surface area contributed by atoms with Crippen molar-refractivity contribution in [3.8, 4) is 5.69 Å². The van der Waals surface area contributed by atoms with Gasteiger partial charge in [0, 0.05) is 5.92 Å². The van der Waals surface area contributed by atoms with E-state index in [2.05, 4.69) is 5.10 Å². The molecule has 1 aliphatic rings. The van der Waals surface area contributed by atoms with Crippen LogP contribution in [-0.2, 0) is 9.53 Å². The Morgan fingerprint density at radius 2 is 1.77 bits per heavy atom. The second-order valence-electron chi connectivity index (χ2n) is 6.21. The molecule has 6 heteroatoms. The number of methoxy groups -OCH3 is 1. The monoisotopic (exact) mass is 365 g/mol. The highest BCUT2D eigenvalue weighted by atomic mass is 32.2. The van der Waals surface area contributed by atoms with Gasteiger partial charge in [-0.05, 0) is 30.5 Å². The van der Waals surface area contributed by atoms with E-state index < -0.39 is 5.25 Å². The van der Waals surface area contributed by atoms with Crippen molar-refractivity contribution in [2.75, 3.05) is 7.11 Å². The summed E-state index contributed by atoms with van der Waals surface area (Å²) in [5, 5.41) is 4.79. The molecular weight excluding hydrogens is 346 g/mol. The number of aromatic nitrogens is 3. The number of nitrogens with zero attached hydrogens (tertiary/aromatic N) is 3. The lowest BCUT2D eigenvalue weighted by Crippen LogP contribution is -2.11. The molecule has 1 aromatic heterocycles. The molecule has 1 aliphatic carbocycles. The van der Waals surface area contributed by atoms with Crippen molar-refractivity contribution in [3.05, 3.63) is 72.1 Å². The summed E-state index contributed by atoms with van der Waals surface area (Å²) in [6.07, 6.45) is 2.27. The van der Waals surface area contributed by atoms with E-state index in [4.69, 9.17) is 9.72 Å². The quantitative estimate of drug-likeness (QED) is 0.485. The number of rotatable bonds is 6. The predicted octanol–water partition coefficient (Wildman–Crippen LogP) is 4.15. The Labute approximate surface area is 156 Å². The van der Waals surface area contributed by atoms with Crippen molar-refractivity contribution in [1.29, 1.82) is 0 Å². The maximum atomic E-state index is 12.3. The van der Waals surface area contributed by atoms with E-state index in [1.165, 1.54) is 18.9 Å². The number of hydrogen-bond donors (Lipinski definition) is 0. The molecule has 0 amide bonds. The van der Waals surface area contributed by atoms with E-state index in [9.17, 15) is 4.79 Å². The third-order valence-corrected chi connectivity index (χ3v) is 5.38. The maximum Gasteiger partial charge on any atom is 0.323 e. The van der Waals surface area contributed by atoms with Crippen molar-refractivity contribution in [2.45, 2.75) is 29.2 Å². The largest absolute Gasteiger partial charge is 0.468 e. The first kappa shape index (κ1) is 16.8. The topological polar surface area (TPSA) is 57.0 Å². The average Bonchev–Trinajstić information content (AvgIpc) is 3.46. The van der Waals surface area contributed by atoms with Crippen molar-refractivity contribution < 1.29 is 9.53 Å². The Hall–Kier alpha value is -2.60. The van der Waals surface area contributed by atoms with E-state index >= 15 is 0 Å². The van der Waals surface area contributed by atoms with Gasteiger partial charge in [0.05, 0.1) is 12.8 Å². The zero-order valence-electron chi connectivity index (χ0n) is 14.4. The third-order valence-electron chi connectivity index (χ3n) is 4.30. The Bertz CT molecular complexity index is 892. The molecule has 0 bridgehead atoms. The first-order chi connectivity index (χ1) is 12.8. The molecule has 5 nitrogen and oxygen atoms in total. The molecule has 1 atom stereocenters. The van der Waals surface area contributed by atoms with Gasteiger partial charge in [0.25, 0.3) is 0 Å². The molecule has 3 aromatic rings. The number of ether oxygens (including phenoxy) is 1. The summed E-state index contributed by atoms with van der Waals surface area (Å²) in [4.78, 5) is 17.1. The summed E-state index contributed by atoms with van der Waals surface area (Å²) in [5.74, 6) is 1.12. The summed E-state index contributed by atoms with van der Waals surface area (Å²) in [7, 11) is 1.41. The molecule has 2 aromatic carbocycles. The van der Waals surface area contributed by atoms with Crippen LogP contribution in [-0.4, -0.2) is 27.8 Å². The molecule has 4 rings (SSSR count). The van der Waals surface area contributed by atoms with Crippen LogP contribution in [0.15, 0.2) is 65.8 Å². The van der Waals surface area contributed by atoms with Gasteiger partial charge >= 0.3 is 5.97 Å². The molecule has 1 saturated carbocycles. The number of carbonyl (C=O) groups is 1. The Morgan fingerprint density at radius 3 is 2.38 bits per heavy atom. The van der Waals surface area contributed by atoms with Gasteiger partial charge < -0.3 is 4.74 Å². The van der Waals surface area contributed by atoms with Crippen LogP contribution < -0.4 is 0 Å². The molecule has 0 radical (unpaired) electrons. The van der Waals surface area contributed by atoms with Crippen LogP contribution in [0, 0.1) is 0 Å². The Kier molecular flexibility index (Phi) is 4.75. The van der Waals surface area contributed by atoms with E-state index in [-0.39, 0.29) is 5.97 Å². The molecule has 1 fully saturated rings. The summed E-state index contributed by atoms with van der Waals surface area (Å²) in [6.45, 7) is 0. The molecular formula is C20H19N3O2S. The smallest absolute Gasteiger partial charge is 0.323 e. The summed E-state index contributed by atoms with van der Waals surface area (Å²) < 4.78 is 6.90. The van der Waals surface area contributed by atoms with Gasteiger partial charge in [0.1, 0.15) is 11.1 Å². The molecule has 1 unspecified atom stereocenters. The van der Waals surface area contributed by atoms with Crippen LogP contribution >= 0.6 is 11.8 Å². The fourth-order valence-electron chi connectivity index (χ4n) is 2.81. The first-order valence-electron chi connectivity index (χ1n) is 8.58. The third kappa shape index (κ3) is 3.51. The van der Waals surface area contributed by atoms with Gasteiger partial charge in [-0.3, -0.25) is 4.79 Å². The lowest BCUT2D eigenvalue weighted by Gasteiger charge is -2.12. The standard InChI is InChI=1S/C20H19N3O2S/c1-25-19(24)17(14-8-4-2-5-9-14)26-20-21-18(15-12-13-15)23(22-20)16-10-6-3-7-11-16/h2-11,15,17H,12-13H2,1H3. The molecule has 0 aliphatic heterocycles. The maximum absolute atomic E-state index is 12.3. The van der Waals surface area contributed by atoms with Gasteiger partial charge in [-0.2, -0.15) is 0 Å². The number of thioether (sulfide) groups is 1. The first-order valence-corrected chi connectivity index (χ1v) is 9.46. The average molecular weight is 365 g/mol. The fraction of sp³-hybridized carbons (Fsp3) is 0.250.